The number of nitrogens with zero attached hydrogens (tertiary/aromatic N) is 1. The van der Waals surface area contributed by atoms with E-state index in [4.69, 9.17) is 14.2 Å². The average molecular weight is 428 g/mol. The lowest BCUT2D eigenvalue weighted by Crippen LogP contribution is -2.48. The van der Waals surface area contributed by atoms with Crippen molar-refractivity contribution in [2.75, 3.05) is 31.8 Å². The smallest absolute Gasteiger partial charge is 0.338 e. The third-order valence-electron chi connectivity index (χ3n) is 4.98. The molecule has 1 aliphatic rings. The molecule has 9 heteroatoms. The van der Waals surface area contributed by atoms with E-state index in [0.29, 0.717) is 30.9 Å². The second-order valence-corrected chi connectivity index (χ2v) is 9.22. The van der Waals surface area contributed by atoms with E-state index in [9.17, 15) is 18.0 Å². The van der Waals surface area contributed by atoms with Crippen molar-refractivity contribution in [1.29, 1.82) is 0 Å². The number of carbonyl (C=O) groups excluding carboxylic acids is 2. The molecular formula is C20H29NO7S. The Morgan fingerprint density at radius 3 is 2.52 bits per heavy atom. The molecule has 0 spiro atoms. The van der Waals surface area contributed by atoms with Crippen LogP contribution in [0.3, 0.4) is 0 Å². The lowest BCUT2D eigenvalue weighted by Gasteiger charge is -2.33. The Hall–Kier alpha value is -2.29. The fourth-order valence-corrected chi connectivity index (χ4v) is 5.07. The molecule has 29 heavy (non-hydrogen) atoms. The molecule has 2 atom stereocenters. The summed E-state index contributed by atoms with van der Waals surface area (Å²) in [4.78, 5) is 26.7. The first-order valence-electron chi connectivity index (χ1n) is 9.71. The van der Waals surface area contributed by atoms with Crippen LogP contribution in [0.25, 0.3) is 0 Å². The number of hydrogen-bond donors (Lipinski definition) is 0. The van der Waals surface area contributed by atoms with E-state index in [1.54, 1.807) is 11.0 Å². The first-order valence-corrected chi connectivity index (χ1v) is 11.5. The van der Waals surface area contributed by atoms with Gasteiger partial charge in [-0.1, -0.05) is 6.92 Å². The van der Waals surface area contributed by atoms with E-state index in [2.05, 4.69) is 0 Å². The highest BCUT2D eigenvalue weighted by molar-refractivity contribution is 7.91. The van der Waals surface area contributed by atoms with Gasteiger partial charge in [0.05, 0.1) is 30.8 Å². The second-order valence-electron chi connectivity index (χ2n) is 6.99. The summed E-state index contributed by atoms with van der Waals surface area (Å²) in [6, 6.07) is 4.10. The van der Waals surface area contributed by atoms with Crippen molar-refractivity contribution in [2.45, 2.75) is 45.7 Å². The molecule has 2 rings (SSSR count). The molecule has 0 N–H and O–H groups in total. The molecule has 0 bridgehead atoms. The van der Waals surface area contributed by atoms with Crippen LogP contribution in [-0.2, 0) is 19.4 Å². The van der Waals surface area contributed by atoms with Gasteiger partial charge in [0.1, 0.15) is 0 Å². The maximum atomic E-state index is 12.8. The van der Waals surface area contributed by atoms with Gasteiger partial charge >= 0.3 is 5.97 Å². The maximum Gasteiger partial charge on any atom is 0.338 e. The zero-order valence-corrected chi connectivity index (χ0v) is 18.2. The van der Waals surface area contributed by atoms with Crippen LogP contribution in [0.1, 0.15) is 44.0 Å². The first-order chi connectivity index (χ1) is 13.7. The fraction of sp³-hybridized carbons (Fsp3) is 0.600. The Labute approximate surface area is 172 Å². The number of hydrogen-bond acceptors (Lipinski definition) is 7. The number of carbonyl (C=O) groups is 2. The van der Waals surface area contributed by atoms with Crippen LogP contribution in [0.4, 0.5) is 0 Å². The minimum absolute atomic E-state index is 0.0484. The quantitative estimate of drug-likeness (QED) is 0.556. The lowest BCUT2D eigenvalue weighted by atomic mass is 10.1. The molecule has 0 saturated carbocycles. The first kappa shape index (κ1) is 23.0. The molecule has 1 aliphatic heterocycles. The van der Waals surface area contributed by atoms with Crippen LogP contribution in [0.5, 0.6) is 11.5 Å². The topological polar surface area (TPSA) is 99.2 Å². The average Bonchev–Trinajstić information content (AvgIpc) is 3.05. The predicted octanol–water partition coefficient (Wildman–Crippen LogP) is 2.06. The molecule has 8 nitrogen and oxygen atoms in total. The molecule has 1 heterocycles. The Bertz CT molecular complexity index is 837. The van der Waals surface area contributed by atoms with E-state index in [-0.39, 0.29) is 29.2 Å². The van der Waals surface area contributed by atoms with E-state index in [0.717, 1.165) is 0 Å². The molecule has 0 unspecified atom stereocenters. The molecule has 0 aromatic heterocycles. The van der Waals surface area contributed by atoms with Crippen LogP contribution in [0.15, 0.2) is 18.2 Å². The van der Waals surface area contributed by atoms with Crippen LogP contribution in [0, 0.1) is 0 Å². The van der Waals surface area contributed by atoms with Gasteiger partial charge in [0.25, 0.3) is 5.91 Å². The van der Waals surface area contributed by atoms with E-state index < -0.39 is 28.3 Å². The third-order valence-corrected chi connectivity index (χ3v) is 6.73. The summed E-state index contributed by atoms with van der Waals surface area (Å²) < 4.78 is 39.5. The predicted molar refractivity (Wildman–Crippen MR) is 108 cm³/mol. The Kier molecular flexibility index (Phi) is 7.89. The molecule has 1 aromatic carbocycles. The van der Waals surface area contributed by atoms with E-state index >= 15 is 0 Å². The number of sulfone groups is 1. The normalized spacial score (nSPS) is 18.7. The maximum absolute atomic E-state index is 12.8. The van der Waals surface area contributed by atoms with Gasteiger partial charge in [-0.05, 0) is 44.9 Å². The third kappa shape index (κ3) is 5.85. The minimum Gasteiger partial charge on any atom is -0.493 e. The van der Waals surface area contributed by atoms with Crippen molar-refractivity contribution in [3.8, 4) is 11.5 Å². The highest BCUT2D eigenvalue weighted by Gasteiger charge is 2.36. The molecular weight excluding hydrogens is 398 g/mol. The molecule has 0 radical (unpaired) electrons. The van der Waals surface area contributed by atoms with Crippen molar-refractivity contribution in [3.05, 3.63) is 23.8 Å². The number of rotatable bonds is 9. The molecule has 0 aliphatic carbocycles. The van der Waals surface area contributed by atoms with Gasteiger partial charge in [-0.2, -0.15) is 0 Å². The molecule has 1 fully saturated rings. The number of benzene rings is 1. The summed E-state index contributed by atoms with van der Waals surface area (Å²) in [6.45, 7) is 5.56. The van der Waals surface area contributed by atoms with Crippen molar-refractivity contribution >= 4 is 21.7 Å². The summed E-state index contributed by atoms with van der Waals surface area (Å²) in [5.41, 5.74) is 0.237. The molecule has 1 amide bonds. The molecule has 1 aromatic rings. The van der Waals surface area contributed by atoms with Crippen LogP contribution in [-0.4, -0.2) is 69.1 Å². The zero-order chi connectivity index (χ0) is 21.6. The van der Waals surface area contributed by atoms with E-state index in [1.165, 1.54) is 19.2 Å². The minimum atomic E-state index is -3.13. The SMILES string of the molecule is CCOc1cc(C(=O)OCC(=O)N([C@@H]2CCS(=O)(=O)C2)[C@H](C)CC)ccc1OC. The molecule has 162 valence electrons. The van der Waals surface area contributed by atoms with Crippen LogP contribution >= 0.6 is 0 Å². The van der Waals surface area contributed by atoms with Crippen molar-refractivity contribution in [1.82, 2.24) is 4.90 Å². The zero-order valence-electron chi connectivity index (χ0n) is 17.3. The summed E-state index contributed by atoms with van der Waals surface area (Å²) in [7, 11) is -1.63. The number of amides is 1. The number of ether oxygens (including phenoxy) is 3. The number of methoxy groups -OCH3 is 1. The fourth-order valence-electron chi connectivity index (χ4n) is 3.36. The summed E-state index contributed by atoms with van der Waals surface area (Å²) in [5, 5.41) is 0. The highest BCUT2D eigenvalue weighted by atomic mass is 32.2. The van der Waals surface area contributed by atoms with Crippen LogP contribution < -0.4 is 9.47 Å². The Morgan fingerprint density at radius 2 is 1.97 bits per heavy atom. The van der Waals surface area contributed by atoms with E-state index in [1.807, 2.05) is 20.8 Å². The van der Waals surface area contributed by atoms with Gasteiger partial charge in [0.15, 0.2) is 27.9 Å². The van der Waals surface area contributed by atoms with Gasteiger partial charge in [-0.3, -0.25) is 4.79 Å². The largest absolute Gasteiger partial charge is 0.493 e. The summed E-state index contributed by atoms with van der Waals surface area (Å²) in [5.74, 6) is -0.131. The van der Waals surface area contributed by atoms with Crippen molar-refractivity contribution in [2.24, 2.45) is 0 Å². The Balaban J connectivity index is 2.07. The molecule has 1 saturated heterocycles. The monoisotopic (exact) mass is 427 g/mol. The van der Waals surface area contributed by atoms with Gasteiger partial charge < -0.3 is 19.1 Å². The Morgan fingerprint density at radius 1 is 1.24 bits per heavy atom. The van der Waals surface area contributed by atoms with Crippen molar-refractivity contribution < 1.29 is 32.2 Å². The van der Waals surface area contributed by atoms with Crippen LogP contribution in [0.2, 0.25) is 0 Å². The summed E-state index contributed by atoms with van der Waals surface area (Å²) in [6.07, 6.45) is 1.08. The van der Waals surface area contributed by atoms with Gasteiger partial charge in [0, 0.05) is 12.1 Å². The van der Waals surface area contributed by atoms with Gasteiger partial charge in [-0.15, -0.1) is 0 Å². The van der Waals surface area contributed by atoms with Crippen molar-refractivity contribution in [3.63, 3.8) is 0 Å². The highest BCUT2D eigenvalue weighted by Crippen LogP contribution is 2.28. The lowest BCUT2D eigenvalue weighted by molar-refractivity contribution is -0.138. The van der Waals surface area contributed by atoms with Gasteiger partial charge in [0.2, 0.25) is 0 Å². The second kappa shape index (κ2) is 9.96. The standard InChI is InChI=1S/C20H29NO7S/c1-5-14(3)21(16-9-10-29(24,25)13-16)19(22)12-28-20(23)15-7-8-17(26-4)18(11-15)27-6-2/h7-8,11,14,16H,5-6,9-10,12-13H2,1-4H3/t14-,16-/m1/s1. The number of esters is 1. The summed E-state index contributed by atoms with van der Waals surface area (Å²) >= 11 is 0. The van der Waals surface area contributed by atoms with Gasteiger partial charge in [-0.25, -0.2) is 13.2 Å².